The molecular weight excluding hydrogens is 273 g/mol. The standard InChI is InChI=1S/C15H16FN3O2/c1-20-15-8-12(17-6-5-16)2-3-13(15)19-7-4-14-11(10-19)9-18-21-14/h2-4,8-10,17H,5-7H2,1H3. The number of ether oxygens (including phenoxy) is 1. The van der Waals surface area contributed by atoms with E-state index in [0.717, 1.165) is 27.8 Å². The van der Waals surface area contributed by atoms with Crippen LogP contribution in [-0.4, -0.2) is 32.0 Å². The molecule has 2 aromatic rings. The Morgan fingerprint density at radius 2 is 2.38 bits per heavy atom. The average molecular weight is 289 g/mol. The molecule has 0 fully saturated rings. The van der Waals surface area contributed by atoms with Crippen LogP contribution in [0.5, 0.6) is 5.75 Å². The van der Waals surface area contributed by atoms with E-state index in [1.54, 1.807) is 13.3 Å². The molecule has 1 aliphatic heterocycles. The van der Waals surface area contributed by atoms with Gasteiger partial charge in [0.1, 0.15) is 12.4 Å². The van der Waals surface area contributed by atoms with Crippen molar-refractivity contribution in [3.63, 3.8) is 0 Å². The first-order chi connectivity index (χ1) is 10.3. The quantitative estimate of drug-likeness (QED) is 0.893. The molecule has 2 heterocycles. The minimum Gasteiger partial charge on any atom is -0.494 e. The Kier molecular flexibility index (Phi) is 3.77. The summed E-state index contributed by atoms with van der Waals surface area (Å²) in [7, 11) is 1.62. The third-order valence-electron chi connectivity index (χ3n) is 3.31. The molecule has 1 aromatic heterocycles. The van der Waals surface area contributed by atoms with E-state index in [1.165, 1.54) is 0 Å². The molecule has 0 atom stereocenters. The monoisotopic (exact) mass is 289 g/mol. The van der Waals surface area contributed by atoms with Gasteiger partial charge in [-0.1, -0.05) is 5.16 Å². The van der Waals surface area contributed by atoms with Crippen molar-refractivity contribution in [1.82, 2.24) is 5.16 Å². The van der Waals surface area contributed by atoms with Gasteiger partial charge in [-0.15, -0.1) is 0 Å². The fourth-order valence-corrected chi connectivity index (χ4v) is 2.29. The molecular formula is C15H16FN3O2. The zero-order chi connectivity index (χ0) is 14.7. The van der Waals surface area contributed by atoms with Crippen molar-refractivity contribution in [1.29, 1.82) is 0 Å². The minimum absolute atomic E-state index is 0.288. The van der Waals surface area contributed by atoms with Gasteiger partial charge >= 0.3 is 0 Å². The number of methoxy groups -OCH3 is 1. The van der Waals surface area contributed by atoms with E-state index in [1.807, 2.05) is 30.5 Å². The number of halogens is 1. The highest BCUT2D eigenvalue weighted by Crippen LogP contribution is 2.31. The van der Waals surface area contributed by atoms with Crippen molar-refractivity contribution < 1.29 is 13.7 Å². The summed E-state index contributed by atoms with van der Waals surface area (Å²) >= 11 is 0. The summed E-state index contributed by atoms with van der Waals surface area (Å²) in [5, 5.41) is 7.71. The molecule has 0 bridgehead atoms. The Hall–Kier alpha value is -2.50. The van der Waals surface area contributed by atoms with Crippen LogP contribution in [0.15, 0.2) is 28.9 Å². The summed E-state index contributed by atoms with van der Waals surface area (Å²) in [6.07, 6.45) is 5.62. The van der Waals surface area contributed by atoms with E-state index in [9.17, 15) is 4.39 Å². The van der Waals surface area contributed by atoms with Crippen LogP contribution in [0, 0.1) is 0 Å². The Morgan fingerprint density at radius 1 is 1.48 bits per heavy atom. The first-order valence-electron chi connectivity index (χ1n) is 6.69. The van der Waals surface area contributed by atoms with Crippen LogP contribution in [0.2, 0.25) is 0 Å². The lowest BCUT2D eigenvalue weighted by Gasteiger charge is -2.23. The van der Waals surface area contributed by atoms with Gasteiger partial charge in [-0.3, -0.25) is 0 Å². The number of hydrogen-bond donors (Lipinski definition) is 1. The second-order valence-corrected chi connectivity index (χ2v) is 4.63. The molecule has 0 aliphatic carbocycles. The van der Waals surface area contributed by atoms with E-state index >= 15 is 0 Å². The predicted molar refractivity (Wildman–Crippen MR) is 79.5 cm³/mol. The Labute approximate surface area is 121 Å². The lowest BCUT2D eigenvalue weighted by atomic mass is 10.2. The summed E-state index contributed by atoms with van der Waals surface area (Å²) in [6, 6.07) is 5.72. The molecule has 6 heteroatoms. The van der Waals surface area contributed by atoms with Crippen LogP contribution < -0.4 is 25.6 Å². The van der Waals surface area contributed by atoms with E-state index in [4.69, 9.17) is 9.26 Å². The second-order valence-electron chi connectivity index (χ2n) is 4.63. The predicted octanol–water partition coefficient (Wildman–Crippen LogP) is 1.10. The van der Waals surface area contributed by atoms with Crippen LogP contribution in [0.3, 0.4) is 0 Å². The second kappa shape index (κ2) is 5.87. The molecule has 0 unspecified atom stereocenters. The summed E-state index contributed by atoms with van der Waals surface area (Å²) in [6.45, 7) is 0.557. The van der Waals surface area contributed by atoms with E-state index in [-0.39, 0.29) is 6.54 Å². The van der Waals surface area contributed by atoms with E-state index in [2.05, 4.69) is 15.4 Å². The molecule has 0 saturated heterocycles. The molecule has 3 rings (SSSR count). The van der Waals surface area contributed by atoms with Crippen molar-refractivity contribution in [3.05, 3.63) is 35.0 Å². The molecule has 0 saturated carbocycles. The number of alkyl halides is 1. The summed E-state index contributed by atoms with van der Waals surface area (Å²) < 4.78 is 22.8. The van der Waals surface area contributed by atoms with Gasteiger partial charge in [0.15, 0.2) is 5.42 Å². The van der Waals surface area contributed by atoms with Crippen LogP contribution in [0.4, 0.5) is 15.8 Å². The van der Waals surface area contributed by atoms with Crippen molar-refractivity contribution >= 4 is 23.7 Å². The number of nitrogens with zero attached hydrogens (tertiary/aromatic N) is 2. The first kappa shape index (κ1) is 13.5. The SMILES string of the molecule is COc1cc(NCCF)ccc1N1C=c2cnoc2=CC1. The molecule has 110 valence electrons. The fourth-order valence-electron chi connectivity index (χ4n) is 2.29. The van der Waals surface area contributed by atoms with Gasteiger partial charge in [0.25, 0.3) is 0 Å². The van der Waals surface area contributed by atoms with Gasteiger partial charge in [-0.2, -0.15) is 0 Å². The van der Waals surface area contributed by atoms with Crippen LogP contribution in [0.25, 0.3) is 12.3 Å². The van der Waals surface area contributed by atoms with Gasteiger partial charge in [0, 0.05) is 31.0 Å². The van der Waals surface area contributed by atoms with Gasteiger partial charge in [0.2, 0.25) is 0 Å². The Balaban J connectivity index is 1.92. The third-order valence-corrected chi connectivity index (χ3v) is 3.31. The normalized spacial score (nSPS) is 13.1. The largest absolute Gasteiger partial charge is 0.494 e. The number of hydrogen-bond acceptors (Lipinski definition) is 5. The molecule has 0 radical (unpaired) electrons. The van der Waals surface area contributed by atoms with Crippen molar-refractivity contribution in [2.45, 2.75) is 0 Å². The van der Waals surface area contributed by atoms with Crippen molar-refractivity contribution in [2.24, 2.45) is 0 Å². The highest BCUT2D eigenvalue weighted by molar-refractivity contribution is 5.72. The summed E-state index contributed by atoms with van der Waals surface area (Å²) in [5.74, 6) is 0.725. The molecule has 5 nitrogen and oxygen atoms in total. The maximum absolute atomic E-state index is 12.2. The Bertz CT molecular complexity index is 742. The van der Waals surface area contributed by atoms with Gasteiger partial charge in [-0.05, 0) is 18.2 Å². The topological polar surface area (TPSA) is 50.5 Å². The van der Waals surface area contributed by atoms with Crippen LogP contribution in [0.1, 0.15) is 0 Å². The zero-order valence-electron chi connectivity index (χ0n) is 11.7. The molecule has 0 amide bonds. The number of rotatable bonds is 5. The number of benzene rings is 1. The zero-order valence-corrected chi connectivity index (χ0v) is 11.7. The third kappa shape index (κ3) is 2.69. The lowest BCUT2D eigenvalue weighted by molar-refractivity contribution is 0.393. The summed E-state index contributed by atoms with van der Waals surface area (Å²) in [4.78, 5) is 2.05. The van der Waals surface area contributed by atoms with Crippen molar-refractivity contribution in [3.8, 4) is 5.75 Å². The lowest BCUT2D eigenvalue weighted by Crippen LogP contribution is -2.33. The number of fused-ring (bicyclic) bond motifs is 1. The van der Waals surface area contributed by atoms with E-state index < -0.39 is 6.67 Å². The fraction of sp³-hybridized carbons (Fsp3) is 0.267. The highest BCUT2D eigenvalue weighted by atomic mass is 19.1. The van der Waals surface area contributed by atoms with Crippen molar-refractivity contribution in [2.75, 3.05) is 37.1 Å². The maximum atomic E-state index is 12.2. The minimum atomic E-state index is -0.408. The number of aromatic nitrogens is 1. The summed E-state index contributed by atoms with van der Waals surface area (Å²) in [5.41, 5.74) is 2.55. The maximum Gasteiger partial charge on any atom is 0.166 e. The molecule has 0 spiro atoms. The Morgan fingerprint density at radius 3 is 3.19 bits per heavy atom. The highest BCUT2D eigenvalue weighted by Gasteiger charge is 2.13. The van der Waals surface area contributed by atoms with Crippen LogP contribution >= 0.6 is 0 Å². The molecule has 1 aromatic carbocycles. The van der Waals surface area contributed by atoms with Crippen LogP contribution in [-0.2, 0) is 0 Å². The number of anilines is 2. The molecule has 1 N–H and O–H groups in total. The smallest absolute Gasteiger partial charge is 0.166 e. The number of nitrogens with one attached hydrogen (secondary N) is 1. The van der Waals surface area contributed by atoms with Gasteiger partial charge in [-0.25, -0.2) is 4.39 Å². The van der Waals surface area contributed by atoms with Gasteiger partial charge < -0.3 is 19.5 Å². The average Bonchev–Trinajstić information content (AvgIpc) is 3.00. The van der Waals surface area contributed by atoms with E-state index in [0.29, 0.717) is 6.54 Å². The van der Waals surface area contributed by atoms with Gasteiger partial charge in [0.05, 0.1) is 24.2 Å². The molecule has 21 heavy (non-hydrogen) atoms. The molecule has 1 aliphatic rings. The first-order valence-corrected chi connectivity index (χ1v) is 6.69.